The molecule has 1 amide bonds. The summed E-state index contributed by atoms with van der Waals surface area (Å²) < 4.78 is 5.16. The number of nitrogens with zero attached hydrogens (tertiary/aromatic N) is 1. The van der Waals surface area contributed by atoms with E-state index < -0.39 is 17.8 Å². The van der Waals surface area contributed by atoms with E-state index in [2.05, 4.69) is 23.3 Å². The number of allylic oxidation sites excluding steroid dienone is 1. The van der Waals surface area contributed by atoms with Crippen LogP contribution in [0.3, 0.4) is 0 Å². The van der Waals surface area contributed by atoms with E-state index in [1.54, 1.807) is 0 Å². The summed E-state index contributed by atoms with van der Waals surface area (Å²) in [7, 11) is 0. The van der Waals surface area contributed by atoms with E-state index in [0.717, 1.165) is 12.1 Å². The third-order valence-corrected chi connectivity index (χ3v) is 2.92. The average molecular weight is 344 g/mol. The van der Waals surface area contributed by atoms with E-state index in [1.165, 1.54) is 24.2 Å². The van der Waals surface area contributed by atoms with Gasteiger partial charge in [-0.25, -0.2) is 14.6 Å². The molecule has 1 heterocycles. The van der Waals surface area contributed by atoms with Crippen molar-refractivity contribution < 1.29 is 24.5 Å². The molecule has 0 bridgehead atoms. The Kier molecular flexibility index (Phi) is 9.64. The average Bonchev–Trinajstić information content (AvgIpc) is 2.79. The number of carboxylic acid groups (broad SMARTS) is 2. The standard InChI is InChI=1S/C14H22N2O2S.CH2O3/c1-5-6-7-8-9-11-10-19-12(15-11)16-13(17)18-14(2,3)4;2-1(3)4/h8-10H,5-7H2,1-4H3,(H,15,16,17);(H2,2,3,4)/b9-8-;. The number of carbonyl (C=O) groups excluding carboxylic acids is 1. The fraction of sp³-hybridized carbons (Fsp3) is 0.533. The maximum atomic E-state index is 11.6. The van der Waals surface area contributed by atoms with Gasteiger partial charge >= 0.3 is 12.2 Å². The number of carbonyl (C=O) groups is 2. The summed E-state index contributed by atoms with van der Waals surface area (Å²) in [5.41, 5.74) is 0.372. The van der Waals surface area contributed by atoms with Crippen molar-refractivity contribution in [2.24, 2.45) is 0 Å². The highest BCUT2D eigenvalue weighted by Crippen LogP contribution is 2.18. The van der Waals surface area contributed by atoms with Gasteiger partial charge in [-0.1, -0.05) is 25.8 Å². The summed E-state index contributed by atoms with van der Waals surface area (Å²) in [6.07, 6.45) is 5.21. The van der Waals surface area contributed by atoms with Crippen molar-refractivity contribution in [3.05, 3.63) is 17.2 Å². The lowest BCUT2D eigenvalue weighted by Gasteiger charge is -2.18. The second kappa shape index (κ2) is 10.6. The van der Waals surface area contributed by atoms with Crippen molar-refractivity contribution in [2.75, 3.05) is 5.32 Å². The van der Waals surface area contributed by atoms with Gasteiger partial charge in [0.2, 0.25) is 0 Å². The first-order chi connectivity index (χ1) is 10.6. The van der Waals surface area contributed by atoms with Gasteiger partial charge in [-0.2, -0.15) is 0 Å². The van der Waals surface area contributed by atoms with Gasteiger partial charge in [0, 0.05) is 5.38 Å². The lowest BCUT2D eigenvalue weighted by molar-refractivity contribution is 0.0635. The topological polar surface area (TPSA) is 109 Å². The summed E-state index contributed by atoms with van der Waals surface area (Å²) in [6, 6.07) is 0. The van der Waals surface area contributed by atoms with Crippen LogP contribution in [0, 0.1) is 0 Å². The Morgan fingerprint density at radius 1 is 1.39 bits per heavy atom. The molecule has 23 heavy (non-hydrogen) atoms. The van der Waals surface area contributed by atoms with E-state index in [-0.39, 0.29) is 0 Å². The molecule has 130 valence electrons. The molecule has 0 aliphatic carbocycles. The molecule has 1 rings (SSSR count). The highest BCUT2D eigenvalue weighted by molar-refractivity contribution is 7.14. The quantitative estimate of drug-likeness (QED) is 0.654. The number of rotatable bonds is 5. The molecule has 0 saturated carbocycles. The number of thiazole rings is 1. The zero-order valence-electron chi connectivity index (χ0n) is 13.8. The zero-order valence-corrected chi connectivity index (χ0v) is 14.6. The van der Waals surface area contributed by atoms with Crippen LogP contribution in [0.4, 0.5) is 14.7 Å². The summed E-state index contributed by atoms with van der Waals surface area (Å²) in [6.45, 7) is 7.66. The van der Waals surface area contributed by atoms with Crippen molar-refractivity contribution in [1.29, 1.82) is 0 Å². The monoisotopic (exact) mass is 344 g/mol. The lowest BCUT2D eigenvalue weighted by Crippen LogP contribution is -2.27. The van der Waals surface area contributed by atoms with Gasteiger partial charge in [0.05, 0.1) is 5.69 Å². The van der Waals surface area contributed by atoms with E-state index in [1.807, 2.05) is 32.2 Å². The summed E-state index contributed by atoms with van der Waals surface area (Å²) in [4.78, 5) is 24.4. The van der Waals surface area contributed by atoms with Crippen molar-refractivity contribution >= 4 is 34.8 Å². The maximum Gasteiger partial charge on any atom is 0.503 e. The molecule has 0 radical (unpaired) electrons. The first kappa shape index (κ1) is 20.9. The SMILES string of the molecule is CCCC/C=C\c1csc(NC(=O)OC(C)(C)C)n1.O=C(O)O. The fourth-order valence-corrected chi connectivity index (χ4v) is 2.00. The van der Waals surface area contributed by atoms with Crippen molar-refractivity contribution in [3.63, 3.8) is 0 Å². The van der Waals surface area contributed by atoms with Gasteiger partial charge in [0.25, 0.3) is 0 Å². The molecule has 1 aromatic rings. The molecule has 0 aliphatic heterocycles. The number of ether oxygens (including phenoxy) is 1. The number of amides is 1. The van der Waals surface area contributed by atoms with Crippen LogP contribution in [0.15, 0.2) is 11.5 Å². The van der Waals surface area contributed by atoms with E-state index >= 15 is 0 Å². The molecule has 7 nitrogen and oxygen atoms in total. The Labute approximate surface area is 140 Å². The largest absolute Gasteiger partial charge is 0.503 e. The predicted molar refractivity (Wildman–Crippen MR) is 91.2 cm³/mol. The van der Waals surface area contributed by atoms with E-state index in [0.29, 0.717) is 5.13 Å². The Morgan fingerprint density at radius 3 is 2.52 bits per heavy atom. The number of hydrogen-bond donors (Lipinski definition) is 3. The number of nitrogens with one attached hydrogen (secondary N) is 1. The predicted octanol–water partition coefficient (Wildman–Crippen LogP) is 4.92. The number of anilines is 1. The Morgan fingerprint density at radius 2 is 2.00 bits per heavy atom. The molecule has 0 atom stereocenters. The minimum atomic E-state index is -1.83. The molecule has 0 aromatic carbocycles. The van der Waals surface area contributed by atoms with Crippen LogP contribution in [0.5, 0.6) is 0 Å². The van der Waals surface area contributed by atoms with Gasteiger partial charge in [0.1, 0.15) is 5.60 Å². The highest BCUT2D eigenvalue weighted by atomic mass is 32.1. The van der Waals surface area contributed by atoms with E-state index in [4.69, 9.17) is 19.7 Å². The molecule has 3 N–H and O–H groups in total. The Balaban J connectivity index is 0.00000108. The zero-order chi connectivity index (χ0) is 17.9. The van der Waals surface area contributed by atoms with Crippen LogP contribution < -0.4 is 5.32 Å². The minimum absolute atomic E-state index is 0.469. The molecule has 1 aromatic heterocycles. The number of hydrogen-bond acceptors (Lipinski definition) is 5. The molecular weight excluding hydrogens is 320 g/mol. The van der Waals surface area contributed by atoms with E-state index in [9.17, 15) is 4.79 Å². The maximum absolute atomic E-state index is 11.6. The van der Waals surface area contributed by atoms with Gasteiger partial charge in [-0.15, -0.1) is 11.3 Å². The number of aromatic nitrogens is 1. The minimum Gasteiger partial charge on any atom is -0.450 e. The van der Waals surface area contributed by atoms with Crippen LogP contribution in [-0.4, -0.2) is 33.0 Å². The van der Waals surface area contributed by atoms with Gasteiger partial charge in [-0.3, -0.25) is 5.32 Å². The first-order valence-electron chi connectivity index (χ1n) is 7.18. The fourth-order valence-electron chi connectivity index (χ4n) is 1.34. The van der Waals surface area contributed by atoms with Gasteiger partial charge in [-0.05, 0) is 33.3 Å². The third-order valence-electron chi connectivity index (χ3n) is 2.14. The van der Waals surface area contributed by atoms with Crippen LogP contribution in [0.1, 0.15) is 52.7 Å². The second-order valence-corrected chi connectivity index (χ2v) is 6.39. The van der Waals surface area contributed by atoms with Crippen LogP contribution in [0.25, 0.3) is 6.08 Å². The molecule has 8 heteroatoms. The first-order valence-corrected chi connectivity index (χ1v) is 8.06. The Bertz CT molecular complexity index is 516. The molecule has 0 spiro atoms. The molecular formula is C15H24N2O5S. The second-order valence-electron chi connectivity index (χ2n) is 5.53. The van der Waals surface area contributed by atoms with Gasteiger partial charge in [0.15, 0.2) is 5.13 Å². The summed E-state index contributed by atoms with van der Waals surface area (Å²) in [5, 5.41) is 19.0. The summed E-state index contributed by atoms with van der Waals surface area (Å²) >= 11 is 1.39. The molecule has 0 saturated heterocycles. The van der Waals surface area contributed by atoms with Crippen molar-refractivity contribution in [2.45, 2.75) is 52.6 Å². The van der Waals surface area contributed by atoms with Crippen molar-refractivity contribution in [1.82, 2.24) is 4.98 Å². The highest BCUT2D eigenvalue weighted by Gasteiger charge is 2.16. The lowest BCUT2D eigenvalue weighted by atomic mass is 10.2. The van der Waals surface area contributed by atoms with Crippen LogP contribution in [0.2, 0.25) is 0 Å². The number of unbranched alkanes of at least 4 members (excludes halogenated alkanes) is 2. The van der Waals surface area contributed by atoms with Crippen molar-refractivity contribution in [3.8, 4) is 0 Å². The van der Waals surface area contributed by atoms with Crippen LogP contribution >= 0.6 is 11.3 Å². The van der Waals surface area contributed by atoms with Crippen LogP contribution in [-0.2, 0) is 4.74 Å². The molecule has 0 unspecified atom stereocenters. The third kappa shape index (κ3) is 13.3. The molecule has 0 aliphatic rings. The Hall–Kier alpha value is -2.09. The van der Waals surface area contributed by atoms with Gasteiger partial charge < -0.3 is 14.9 Å². The normalized spacial score (nSPS) is 10.8. The summed E-state index contributed by atoms with van der Waals surface area (Å²) in [5.74, 6) is 0. The molecule has 0 fully saturated rings. The smallest absolute Gasteiger partial charge is 0.450 e.